The van der Waals surface area contributed by atoms with E-state index in [0.29, 0.717) is 3.57 Å². The second-order valence-corrected chi connectivity index (χ2v) is 7.42. The number of para-hydroxylation sites is 1. The quantitative estimate of drug-likeness (QED) is 0.597. The third-order valence-electron chi connectivity index (χ3n) is 2.99. The van der Waals surface area contributed by atoms with Crippen molar-refractivity contribution in [2.24, 2.45) is 0 Å². The number of nitrogens with one attached hydrogen (secondary N) is 1. The minimum Gasteiger partial charge on any atom is -0.465 e. The highest BCUT2D eigenvalue weighted by molar-refractivity contribution is 14.1. The Labute approximate surface area is 142 Å². The van der Waals surface area contributed by atoms with Crippen LogP contribution >= 0.6 is 22.6 Å². The normalized spacial score (nSPS) is 11.0. The lowest BCUT2D eigenvalue weighted by molar-refractivity contribution is 0.0602. The lowest BCUT2D eigenvalue weighted by Gasteiger charge is -2.13. The number of halogens is 1. The summed E-state index contributed by atoms with van der Waals surface area (Å²) in [7, 11) is -2.53. The second kappa shape index (κ2) is 6.66. The molecular weight excluding hydrogens is 417 g/mol. The zero-order chi connectivity index (χ0) is 16.3. The molecule has 0 atom stereocenters. The largest absolute Gasteiger partial charge is 0.465 e. The van der Waals surface area contributed by atoms with Crippen LogP contribution in [0.5, 0.6) is 0 Å². The van der Waals surface area contributed by atoms with E-state index >= 15 is 0 Å². The van der Waals surface area contributed by atoms with Crippen LogP contribution in [0.1, 0.15) is 15.9 Å². The molecule has 0 unspecified atom stereocenters. The Balaban J connectivity index is 2.46. The van der Waals surface area contributed by atoms with Gasteiger partial charge in [0.25, 0.3) is 10.0 Å². The predicted octanol–water partition coefficient (Wildman–Crippen LogP) is 3.19. The molecule has 0 fully saturated rings. The maximum absolute atomic E-state index is 12.5. The van der Waals surface area contributed by atoms with E-state index in [0.717, 1.165) is 5.56 Å². The summed E-state index contributed by atoms with van der Waals surface area (Å²) in [5.74, 6) is -0.597. The number of carbonyl (C=O) groups is 1. The fourth-order valence-corrected chi connectivity index (χ4v) is 3.74. The second-order valence-electron chi connectivity index (χ2n) is 4.57. The van der Waals surface area contributed by atoms with E-state index in [4.69, 9.17) is 4.74 Å². The Hall–Kier alpha value is -1.61. The van der Waals surface area contributed by atoms with E-state index < -0.39 is 16.0 Å². The molecule has 5 nitrogen and oxygen atoms in total. The average Bonchev–Trinajstić information content (AvgIpc) is 2.49. The van der Waals surface area contributed by atoms with Crippen LogP contribution in [-0.2, 0) is 14.8 Å². The summed E-state index contributed by atoms with van der Waals surface area (Å²) in [5.41, 5.74) is 1.35. The summed E-state index contributed by atoms with van der Waals surface area (Å²) in [6, 6.07) is 11.4. The molecule has 0 spiro atoms. The van der Waals surface area contributed by atoms with E-state index in [1.807, 2.05) is 29.5 Å². The van der Waals surface area contributed by atoms with Gasteiger partial charge < -0.3 is 4.74 Å². The minimum atomic E-state index is -3.78. The van der Waals surface area contributed by atoms with Gasteiger partial charge in [-0.3, -0.25) is 4.72 Å². The van der Waals surface area contributed by atoms with Gasteiger partial charge in [0.05, 0.1) is 23.3 Å². The maximum atomic E-state index is 12.5. The lowest BCUT2D eigenvalue weighted by Crippen LogP contribution is -2.17. The molecule has 0 aliphatic carbocycles. The van der Waals surface area contributed by atoms with Crippen molar-refractivity contribution in [1.29, 1.82) is 0 Å². The van der Waals surface area contributed by atoms with E-state index in [-0.39, 0.29) is 16.1 Å². The maximum Gasteiger partial charge on any atom is 0.340 e. The molecule has 0 aromatic heterocycles. The van der Waals surface area contributed by atoms with E-state index in [1.54, 1.807) is 24.3 Å². The third kappa shape index (κ3) is 3.58. The van der Waals surface area contributed by atoms with Gasteiger partial charge in [0, 0.05) is 3.57 Å². The summed E-state index contributed by atoms with van der Waals surface area (Å²) < 4.78 is 32.7. The molecule has 7 heteroatoms. The third-order valence-corrected chi connectivity index (χ3v) is 5.25. The molecule has 0 heterocycles. The summed E-state index contributed by atoms with van der Waals surface area (Å²) in [4.78, 5) is 11.9. The van der Waals surface area contributed by atoms with Crippen LogP contribution in [0.2, 0.25) is 0 Å². The number of benzene rings is 2. The zero-order valence-electron chi connectivity index (χ0n) is 12.0. The SMILES string of the molecule is COC(=O)c1cccc(I)c1NS(=O)(=O)c1ccc(C)cc1. The molecule has 22 heavy (non-hydrogen) atoms. The monoisotopic (exact) mass is 431 g/mol. The Morgan fingerprint density at radius 2 is 1.77 bits per heavy atom. The highest BCUT2D eigenvalue weighted by atomic mass is 127. The van der Waals surface area contributed by atoms with Crippen molar-refractivity contribution in [1.82, 2.24) is 0 Å². The molecule has 0 amide bonds. The number of aryl methyl sites for hydroxylation is 1. The van der Waals surface area contributed by atoms with Crippen LogP contribution in [0.15, 0.2) is 47.4 Å². The smallest absolute Gasteiger partial charge is 0.340 e. The molecule has 116 valence electrons. The highest BCUT2D eigenvalue weighted by Gasteiger charge is 2.21. The van der Waals surface area contributed by atoms with Crippen LogP contribution in [0.4, 0.5) is 5.69 Å². The van der Waals surface area contributed by atoms with Gasteiger partial charge in [-0.2, -0.15) is 0 Å². The number of carbonyl (C=O) groups excluding carboxylic acids is 1. The number of esters is 1. The van der Waals surface area contributed by atoms with Gasteiger partial charge in [-0.05, 0) is 53.8 Å². The summed E-state index contributed by atoms with van der Waals surface area (Å²) in [5, 5.41) is 0. The molecule has 0 saturated heterocycles. The van der Waals surface area contributed by atoms with Gasteiger partial charge in [-0.15, -0.1) is 0 Å². The van der Waals surface area contributed by atoms with Crippen LogP contribution in [-0.4, -0.2) is 21.5 Å². The molecule has 0 radical (unpaired) electrons. The van der Waals surface area contributed by atoms with Gasteiger partial charge in [0.2, 0.25) is 0 Å². The Morgan fingerprint density at radius 1 is 1.14 bits per heavy atom. The van der Waals surface area contributed by atoms with Crippen molar-refractivity contribution in [3.8, 4) is 0 Å². The molecule has 0 bridgehead atoms. The first-order valence-electron chi connectivity index (χ1n) is 6.31. The first-order valence-corrected chi connectivity index (χ1v) is 8.87. The number of hydrogen-bond donors (Lipinski definition) is 1. The first-order chi connectivity index (χ1) is 10.3. The molecular formula is C15H14INO4S. The van der Waals surface area contributed by atoms with Crippen LogP contribution in [0.25, 0.3) is 0 Å². The average molecular weight is 431 g/mol. The van der Waals surface area contributed by atoms with Gasteiger partial charge in [0.1, 0.15) is 0 Å². The van der Waals surface area contributed by atoms with Crippen molar-refractivity contribution in [2.45, 2.75) is 11.8 Å². The molecule has 2 rings (SSSR count). The Morgan fingerprint density at radius 3 is 2.36 bits per heavy atom. The Kier molecular flexibility index (Phi) is 5.07. The van der Waals surface area contributed by atoms with Crippen molar-refractivity contribution in [2.75, 3.05) is 11.8 Å². The fourth-order valence-electron chi connectivity index (χ4n) is 1.82. The van der Waals surface area contributed by atoms with Crippen molar-refractivity contribution in [3.05, 3.63) is 57.2 Å². The van der Waals surface area contributed by atoms with Gasteiger partial charge in [-0.1, -0.05) is 23.8 Å². The summed E-state index contributed by atoms with van der Waals surface area (Å²) in [6.45, 7) is 1.87. The highest BCUT2D eigenvalue weighted by Crippen LogP contribution is 2.26. The number of methoxy groups -OCH3 is 1. The van der Waals surface area contributed by atoms with Crippen molar-refractivity contribution < 1.29 is 17.9 Å². The van der Waals surface area contributed by atoms with E-state index in [1.165, 1.54) is 25.3 Å². The van der Waals surface area contributed by atoms with Crippen LogP contribution in [0.3, 0.4) is 0 Å². The number of rotatable bonds is 4. The number of anilines is 1. The van der Waals surface area contributed by atoms with Gasteiger partial charge in [0.15, 0.2) is 0 Å². The van der Waals surface area contributed by atoms with E-state index in [9.17, 15) is 13.2 Å². The topological polar surface area (TPSA) is 72.5 Å². The van der Waals surface area contributed by atoms with Crippen LogP contribution in [0, 0.1) is 10.5 Å². The van der Waals surface area contributed by atoms with Crippen molar-refractivity contribution in [3.63, 3.8) is 0 Å². The minimum absolute atomic E-state index is 0.133. The van der Waals surface area contributed by atoms with Crippen molar-refractivity contribution >= 4 is 44.3 Å². The molecule has 0 aliphatic heterocycles. The molecule has 2 aromatic carbocycles. The molecule has 0 saturated carbocycles. The predicted molar refractivity (Wildman–Crippen MR) is 92.5 cm³/mol. The lowest BCUT2D eigenvalue weighted by atomic mass is 10.2. The molecule has 2 aromatic rings. The van der Waals surface area contributed by atoms with Gasteiger partial charge in [-0.25, -0.2) is 13.2 Å². The first kappa shape index (κ1) is 16.8. The Bertz CT molecular complexity index is 801. The standard InChI is InChI=1S/C15H14INO4S/c1-10-6-8-11(9-7-10)22(19,20)17-14-12(15(18)21-2)4-3-5-13(14)16/h3-9,17H,1-2H3. The zero-order valence-corrected chi connectivity index (χ0v) is 14.9. The number of ether oxygens (including phenoxy) is 1. The van der Waals surface area contributed by atoms with Gasteiger partial charge >= 0.3 is 5.97 Å². The van der Waals surface area contributed by atoms with Crippen LogP contribution < -0.4 is 4.72 Å². The fraction of sp³-hybridized carbons (Fsp3) is 0.133. The molecule has 1 N–H and O–H groups in total. The summed E-state index contributed by atoms with van der Waals surface area (Å²) >= 11 is 1.97. The number of hydrogen-bond acceptors (Lipinski definition) is 4. The number of sulfonamides is 1. The van der Waals surface area contributed by atoms with E-state index in [2.05, 4.69) is 4.72 Å². The molecule has 0 aliphatic rings. The summed E-state index contributed by atoms with van der Waals surface area (Å²) in [6.07, 6.45) is 0.